The average Bonchev–Trinajstić information content (AvgIpc) is 4.27. The maximum absolute atomic E-state index is 13.9. The maximum Gasteiger partial charge on any atom is 0.395 e. The van der Waals surface area contributed by atoms with E-state index in [2.05, 4.69) is 33.2 Å². The fourth-order valence-electron chi connectivity index (χ4n) is 8.97. The molecule has 2 saturated carbocycles. The van der Waals surface area contributed by atoms with E-state index in [4.69, 9.17) is 34.0 Å². The summed E-state index contributed by atoms with van der Waals surface area (Å²) in [5.74, 6) is -3.66. The molecule has 4 aromatic rings. The average molecular weight is 1200 g/mol. The van der Waals surface area contributed by atoms with Crippen molar-refractivity contribution in [1.29, 1.82) is 0 Å². The van der Waals surface area contributed by atoms with Gasteiger partial charge in [-0.1, -0.05) is 61.3 Å². The van der Waals surface area contributed by atoms with E-state index >= 15 is 0 Å². The number of aryl methyl sites for hydroxylation is 2. The highest BCUT2D eigenvalue weighted by Crippen LogP contribution is 2.67. The van der Waals surface area contributed by atoms with E-state index in [1.165, 1.54) is 47.8 Å². The quantitative estimate of drug-likeness (QED) is 0.0541. The number of alkyl halides is 6. The SMILES string of the molecule is CCC(=O)c1ccc(C[C@@H](CN)N(C)C)c(C)c1.CCC(=O)c1ccc(C[C@@H](CNC(=O)C[C@H](c2ccc(Cl)cn2)C2(C(F)(F)F)CC2)N(C)C)c(C)c1.O=C(O)C[C@H](c1ccc(Cl)cn1)C1(C(F)(F)F)CC1.S.S.S.S. The Hall–Kier alpha value is -3.54. The predicted molar refractivity (Wildman–Crippen MR) is 314 cm³/mol. The smallest absolute Gasteiger partial charge is 0.395 e. The number of rotatable bonds is 21. The summed E-state index contributed by atoms with van der Waals surface area (Å²) in [5.41, 5.74) is 8.22. The number of carboxylic acids is 1. The Labute approximate surface area is 487 Å². The number of aromatic nitrogens is 2. The molecule has 11 nitrogen and oxygen atoms in total. The summed E-state index contributed by atoms with van der Waals surface area (Å²) in [4.78, 5) is 59.5. The summed E-state index contributed by atoms with van der Waals surface area (Å²) in [5, 5.41) is 12.3. The van der Waals surface area contributed by atoms with Crippen LogP contribution >= 0.6 is 77.2 Å². The van der Waals surface area contributed by atoms with Crippen molar-refractivity contribution in [3.63, 3.8) is 0 Å². The van der Waals surface area contributed by atoms with Crippen LogP contribution in [0.3, 0.4) is 0 Å². The molecular formula is C54H76Cl2F6N6O5S4. The number of Topliss-reactive ketones (excluding diaryl/α,β-unsaturated/α-hetero) is 2. The molecule has 4 atom stereocenters. The number of carbonyl (C=O) groups excluding carboxylic acids is 3. The highest BCUT2D eigenvalue weighted by atomic mass is 35.5. The van der Waals surface area contributed by atoms with E-state index in [9.17, 15) is 45.5 Å². The minimum atomic E-state index is -4.42. The zero-order chi connectivity index (χ0) is 54.6. The van der Waals surface area contributed by atoms with Gasteiger partial charge in [-0.2, -0.15) is 80.3 Å². The number of hydrogen-bond donors (Lipinski definition) is 3. The Morgan fingerprint density at radius 3 is 1.31 bits per heavy atom. The van der Waals surface area contributed by atoms with Crippen LogP contribution in [-0.4, -0.2) is 114 Å². The van der Waals surface area contributed by atoms with E-state index in [0.29, 0.717) is 47.5 Å². The van der Waals surface area contributed by atoms with Crippen LogP contribution in [0.4, 0.5) is 26.3 Å². The summed E-state index contributed by atoms with van der Waals surface area (Å²) >= 11 is 11.5. The Balaban J connectivity index is 0.00000120. The summed E-state index contributed by atoms with van der Waals surface area (Å²) < 4.78 is 81.2. The lowest BCUT2D eigenvalue weighted by Crippen LogP contribution is -2.43. The third kappa shape index (κ3) is 20.2. The number of amides is 1. The van der Waals surface area contributed by atoms with Crippen molar-refractivity contribution in [2.45, 2.75) is 128 Å². The molecule has 2 aliphatic carbocycles. The van der Waals surface area contributed by atoms with Gasteiger partial charge in [0.15, 0.2) is 11.6 Å². The van der Waals surface area contributed by atoms with Gasteiger partial charge in [0.2, 0.25) is 5.91 Å². The molecule has 2 fully saturated rings. The monoisotopic (exact) mass is 1200 g/mol. The highest BCUT2D eigenvalue weighted by Gasteiger charge is 2.68. The number of likely N-dealkylation sites (N-methyl/N-ethyl adjacent to an activating group) is 2. The summed E-state index contributed by atoms with van der Waals surface area (Å²) in [6, 6.07) is 17.6. The number of carbonyl (C=O) groups is 4. The number of nitrogens with zero attached hydrogens (tertiary/aromatic N) is 4. The molecular weight excluding hydrogens is 1130 g/mol. The van der Waals surface area contributed by atoms with Gasteiger partial charge in [0, 0.05) is 91.2 Å². The lowest BCUT2D eigenvalue weighted by Gasteiger charge is -2.29. The van der Waals surface area contributed by atoms with E-state index < -0.39 is 53.3 Å². The molecule has 432 valence electrons. The standard InChI is InChI=1S/C27H33ClF3N3O2.C15H24N2O.C12H11ClF3NO2.4H2S/c1-5-24(35)19-7-6-18(17(2)12-19)13-21(34(3)4)16-33-25(36)14-22(23-9-8-20(28)15-32-23)26(10-11-26)27(29,30)31;1-5-15(18)13-7-6-12(11(2)8-13)9-14(10-16)17(3)4;13-7-1-2-9(17-6-7)8(5-10(18)19)11(3-4-11)12(14,15)16;;;;/h6-9,12,15,21-22H,5,10-11,13-14,16H2,1-4H3,(H,33,36);6-8,14H,5,9-10,16H2,1-4H3;1-2,6,8H,3-5H2,(H,18,19);4*1H2/t21-,22+;14-;8-;;;;/m001..../s1. The molecule has 0 radical (unpaired) electrons. The zero-order valence-electron chi connectivity index (χ0n) is 44.7. The Kier molecular flexibility index (Phi) is 30.6. The van der Waals surface area contributed by atoms with Crippen LogP contribution < -0.4 is 11.1 Å². The van der Waals surface area contributed by atoms with Crippen LogP contribution in [-0.2, 0) is 22.4 Å². The van der Waals surface area contributed by atoms with Gasteiger partial charge in [0.25, 0.3) is 0 Å². The van der Waals surface area contributed by atoms with Crippen LogP contribution in [0.5, 0.6) is 0 Å². The van der Waals surface area contributed by atoms with Crippen molar-refractivity contribution in [2.24, 2.45) is 16.6 Å². The van der Waals surface area contributed by atoms with Gasteiger partial charge < -0.3 is 26.0 Å². The maximum atomic E-state index is 13.9. The van der Waals surface area contributed by atoms with Crippen molar-refractivity contribution in [3.05, 3.63) is 128 Å². The zero-order valence-corrected chi connectivity index (χ0v) is 50.2. The second kappa shape index (κ2) is 32.0. The molecule has 2 heterocycles. The van der Waals surface area contributed by atoms with E-state index in [-0.39, 0.29) is 122 Å². The number of pyridine rings is 2. The minimum Gasteiger partial charge on any atom is -0.481 e. The van der Waals surface area contributed by atoms with Gasteiger partial charge in [-0.05, 0) is 139 Å². The molecule has 2 aromatic heterocycles. The molecule has 77 heavy (non-hydrogen) atoms. The second-order valence-electron chi connectivity index (χ2n) is 19.5. The molecule has 4 N–H and O–H groups in total. The molecule has 1 amide bonds. The fourth-order valence-corrected chi connectivity index (χ4v) is 9.20. The number of aliphatic carboxylic acids is 1. The number of carboxylic acid groups (broad SMARTS) is 1. The first kappa shape index (κ1) is 73.5. The number of halogens is 8. The Morgan fingerprint density at radius 2 is 1.03 bits per heavy atom. The fraction of sp³-hybridized carbons (Fsp3) is 0.519. The van der Waals surface area contributed by atoms with Gasteiger partial charge >= 0.3 is 18.3 Å². The largest absolute Gasteiger partial charge is 0.481 e. The predicted octanol–water partition coefficient (Wildman–Crippen LogP) is 11.8. The van der Waals surface area contributed by atoms with Crippen molar-refractivity contribution >= 4 is 101 Å². The first-order valence-electron chi connectivity index (χ1n) is 24.3. The highest BCUT2D eigenvalue weighted by molar-refractivity contribution is 7.59. The van der Waals surface area contributed by atoms with Crippen LogP contribution in [0.1, 0.15) is 131 Å². The van der Waals surface area contributed by atoms with E-state index in [0.717, 1.165) is 23.1 Å². The van der Waals surface area contributed by atoms with Crippen molar-refractivity contribution in [1.82, 2.24) is 25.1 Å². The lowest BCUT2D eigenvalue weighted by atomic mass is 9.82. The van der Waals surface area contributed by atoms with E-state index in [1.807, 2.05) is 84.2 Å². The normalized spacial score (nSPS) is 15.4. The van der Waals surface area contributed by atoms with E-state index in [1.54, 1.807) is 0 Å². The van der Waals surface area contributed by atoms with Gasteiger partial charge in [0.05, 0.1) is 27.3 Å². The van der Waals surface area contributed by atoms with Crippen molar-refractivity contribution in [3.8, 4) is 0 Å². The van der Waals surface area contributed by atoms with Crippen LogP contribution in [0.15, 0.2) is 73.1 Å². The number of ketones is 2. The first-order chi connectivity index (χ1) is 34.1. The minimum absolute atomic E-state index is 0. The van der Waals surface area contributed by atoms with Gasteiger partial charge in [-0.25, -0.2) is 0 Å². The Morgan fingerprint density at radius 1 is 0.649 bits per heavy atom. The summed E-state index contributed by atoms with van der Waals surface area (Å²) in [7, 11) is 7.87. The first-order valence-corrected chi connectivity index (χ1v) is 25.0. The van der Waals surface area contributed by atoms with Crippen molar-refractivity contribution in [2.75, 3.05) is 41.3 Å². The molecule has 6 rings (SSSR count). The third-order valence-corrected chi connectivity index (χ3v) is 14.6. The molecule has 2 aliphatic rings. The number of nitrogens with one attached hydrogen (secondary N) is 1. The molecule has 0 unspecified atom stereocenters. The van der Waals surface area contributed by atoms with Crippen LogP contribution in [0.2, 0.25) is 10.0 Å². The summed E-state index contributed by atoms with van der Waals surface area (Å²) in [6.45, 7) is 8.64. The third-order valence-electron chi connectivity index (χ3n) is 14.2. The van der Waals surface area contributed by atoms with Crippen molar-refractivity contribution < 1.29 is 50.6 Å². The molecule has 2 aromatic carbocycles. The number of nitrogens with two attached hydrogens (primary N) is 1. The number of hydrogen-bond acceptors (Lipinski definition) is 9. The molecule has 0 saturated heterocycles. The topological polar surface area (TPSA) is 159 Å². The van der Waals surface area contributed by atoms with Crippen LogP contribution in [0, 0.1) is 24.7 Å². The Bertz CT molecular complexity index is 2520. The number of benzene rings is 2. The molecule has 0 spiro atoms. The second-order valence-corrected chi connectivity index (χ2v) is 20.4. The molecule has 23 heteroatoms. The summed E-state index contributed by atoms with van der Waals surface area (Å²) in [6.07, 6.45) is -4.80. The van der Waals surface area contributed by atoms with Gasteiger partial charge in [-0.3, -0.25) is 29.1 Å². The molecule has 0 aliphatic heterocycles. The van der Waals surface area contributed by atoms with Gasteiger partial charge in [0.1, 0.15) is 0 Å². The van der Waals surface area contributed by atoms with Crippen LogP contribution in [0.25, 0.3) is 0 Å². The molecule has 0 bridgehead atoms. The lowest BCUT2D eigenvalue weighted by molar-refractivity contribution is -0.196. The van der Waals surface area contributed by atoms with Gasteiger partial charge in [-0.15, -0.1) is 0 Å².